The first-order chi connectivity index (χ1) is 16.0. The van der Waals surface area contributed by atoms with E-state index in [-0.39, 0.29) is 17.3 Å². The Morgan fingerprint density at radius 2 is 1.91 bits per heavy atom. The molecule has 11 heteroatoms. The molecule has 1 spiro atoms. The van der Waals surface area contributed by atoms with Crippen LogP contribution in [0.2, 0.25) is 0 Å². The van der Waals surface area contributed by atoms with Crippen molar-refractivity contribution in [1.29, 1.82) is 0 Å². The Labute approximate surface area is 195 Å². The molecule has 2 aliphatic heterocycles. The second kappa shape index (κ2) is 9.08. The molecule has 2 heterocycles. The van der Waals surface area contributed by atoms with Crippen molar-refractivity contribution in [2.45, 2.75) is 60.9 Å². The quantitative estimate of drug-likeness (QED) is 0.211. The number of carboxylic acid groups (broad SMARTS) is 1. The number of phenols is 1. The maximum Gasteiger partial charge on any atom is 0.335 e. The number of piperidine rings is 1. The molecule has 1 saturated heterocycles. The Kier molecular flexibility index (Phi) is 6.64. The maximum absolute atomic E-state index is 10.4. The average molecular weight is 481 g/mol. The number of hydrogen-bond acceptors (Lipinski definition) is 10. The van der Waals surface area contributed by atoms with Gasteiger partial charge in [0.25, 0.3) is 0 Å². The monoisotopic (exact) mass is 481 g/mol. The molecule has 1 unspecified atom stereocenters. The smallest absolute Gasteiger partial charge is 0.335 e. The van der Waals surface area contributed by atoms with Gasteiger partial charge in [-0.1, -0.05) is 18.2 Å². The number of ether oxygens (including phenoxy) is 1. The number of aliphatic hydroxyl groups excluding tert-OH is 6. The molecule has 9 atom stereocenters. The predicted molar refractivity (Wildman–Crippen MR) is 116 cm³/mol. The number of benzene rings is 1. The van der Waals surface area contributed by atoms with Gasteiger partial charge in [0.15, 0.2) is 17.6 Å². The minimum atomic E-state index is -2.20. The van der Waals surface area contributed by atoms with Gasteiger partial charge in [0.2, 0.25) is 0 Å². The van der Waals surface area contributed by atoms with Gasteiger partial charge in [-0.05, 0) is 38.1 Å². The fraction of sp³-hybridized carbons (Fsp3) is 0.609. The van der Waals surface area contributed by atoms with Crippen molar-refractivity contribution in [1.82, 2.24) is 4.90 Å². The Bertz CT molecular complexity index is 969. The Morgan fingerprint density at radius 3 is 2.56 bits per heavy atom. The molecule has 1 aromatic rings. The highest BCUT2D eigenvalue weighted by molar-refractivity contribution is 5.72. The zero-order valence-corrected chi connectivity index (χ0v) is 18.6. The summed E-state index contributed by atoms with van der Waals surface area (Å²) in [5, 5.41) is 72.5. The summed E-state index contributed by atoms with van der Waals surface area (Å²) in [5.74, 6) is -0.536. The second-order valence-corrected chi connectivity index (χ2v) is 9.44. The fourth-order valence-corrected chi connectivity index (χ4v) is 5.91. The van der Waals surface area contributed by atoms with Gasteiger partial charge in [0.1, 0.15) is 30.5 Å². The summed E-state index contributed by atoms with van der Waals surface area (Å²) in [6.45, 7) is 0.167. The zero-order chi connectivity index (χ0) is 24.9. The molecule has 5 rings (SSSR count). The van der Waals surface area contributed by atoms with Gasteiger partial charge in [-0.25, -0.2) is 4.79 Å². The average Bonchev–Trinajstić information content (AvgIpc) is 3.18. The van der Waals surface area contributed by atoms with E-state index in [9.17, 15) is 15.0 Å². The van der Waals surface area contributed by atoms with E-state index in [1.165, 1.54) is 11.1 Å². The van der Waals surface area contributed by atoms with Gasteiger partial charge in [-0.15, -0.1) is 0 Å². The van der Waals surface area contributed by atoms with Crippen molar-refractivity contribution in [3.05, 3.63) is 35.4 Å². The summed E-state index contributed by atoms with van der Waals surface area (Å²) in [6.07, 6.45) is -2.66. The third-order valence-electron chi connectivity index (χ3n) is 7.66. The summed E-state index contributed by atoms with van der Waals surface area (Å²) in [5.41, 5.74) is 2.29. The van der Waals surface area contributed by atoms with Crippen molar-refractivity contribution in [2.75, 3.05) is 20.2 Å². The number of phenolic OH excluding ortho intramolecular Hbond substituents is 1. The number of aromatic hydroxyl groups is 1. The molecule has 8 N–H and O–H groups in total. The van der Waals surface area contributed by atoms with E-state index in [0.717, 1.165) is 19.4 Å². The highest BCUT2D eigenvalue weighted by Gasteiger charge is 2.64. The molecular formula is C23H31NO10. The number of carbonyl (C=O) groups is 1. The van der Waals surface area contributed by atoms with Gasteiger partial charge < -0.3 is 50.5 Å². The van der Waals surface area contributed by atoms with Crippen molar-refractivity contribution in [3.63, 3.8) is 0 Å². The molecule has 0 aromatic heterocycles. The normalized spacial score (nSPS) is 34.1. The van der Waals surface area contributed by atoms with Gasteiger partial charge in [-0.3, -0.25) is 0 Å². The highest BCUT2D eigenvalue weighted by Crippen LogP contribution is 2.62. The van der Waals surface area contributed by atoms with Crippen LogP contribution in [-0.4, -0.2) is 115 Å². The second-order valence-electron chi connectivity index (χ2n) is 9.44. The Hall–Kier alpha value is -2.25. The summed E-state index contributed by atoms with van der Waals surface area (Å²) >= 11 is 0. The fourth-order valence-electron chi connectivity index (χ4n) is 5.91. The lowest BCUT2D eigenvalue weighted by molar-refractivity contribution is -0.164. The zero-order valence-electron chi connectivity index (χ0n) is 18.6. The molecule has 34 heavy (non-hydrogen) atoms. The van der Waals surface area contributed by atoms with Gasteiger partial charge in [0, 0.05) is 22.9 Å². The number of likely N-dealkylation sites (N-methyl/N-ethyl adjacent to an activating group) is 1. The standard InChI is InChI=1S/C17H19NO3.C6H12O7/c1-18-7-6-17-10-3-5-13(20)16(17)21-15-12(19)4-2-9(14(15)17)8-11(10)18;7-1-2(8)3(9)4(10)5(11)6(12)13/h2-5,10-11,13,16,19-20H,6-8H2,1H3;2-5,7-11H,1H2,(H,12,13)/t10?,11-,13+,16+,17+;2-,3+,4-,5+/m11/s1. The molecular weight excluding hydrogens is 450 g/mol. The van der Waals surface area contributed by atoms with Crippen LogP contribution in [0.4, 0.5) is 0 Å². The summed E-state index contributed by atoms with van der Waals surface area (Å²) < 4.78 is 6.09. The summed E-state index contributed by atoms with van der Waals surface area (Å²) in [4.78, 5) is 12.5. The van der Waals surface area contributed by atoms with Crippen molar-refractivity contribution >= 4 is 5.97 Å². The van der Waals surface area contributed by atoms with Crippen LogP contribution >= 0.6 is 0 Å². The Morgan fingerprint density at radius 1 is 1.21 bits per heavy atom. The van der Waals surface area contributed by atoms with E-state index >= 15 is 0 Å². The minimum Gasteiger partial charge on any atom is -0.504 e. The number of nitrogens with zero attached hydrogens (tertiary/aromatic N) is 1. The van der Waals surface area contributed by atoms with Crippen LogP contribution in [0.5, 0.6) is 11.5 Å². The Balaban J connectivity index is 0.000000185. The number of rotatable bonds is 5. The SMILES string of the molecule is CN1CC[C@]23c4c5ccc(O)c4O[C@H]2[C@@H](O)C=CC3[C@H]1C5.O=C(O)[C@@H](O)[C@H](O)[C@@H](O)[C@H](O)CO. The van der Waals surface area contributed by atoms with Gasteiger partial charge in [-0.2, -0.15) is 0 Å². The maximum atomic E-state index is 10.4. The van der Waals surface area contributed by atoms with Crippen molar-refractivity contribution in [2.24, 2.45) is 5.92 Å². The number of aliphatic hydroxyl groups is 6. The molecule has 11 nitrogen and oxygen atoms in total. The van der Waals surface area contributed by atoms with E-state index < -0.39 is 43.1 Å². The van der Waals surface area contributed by atoms with E-state index in [1.54, 1.807) is 6.07 Å². The number of carboxylic acids is 1. The van der Waals surface area contributed by atoms with E-state index in [4.69, 9.17) is 35.4 Å². The van der Waals surface area contributed by atoms with Crippen molar-refractivity contribution in [3.8, 4) is 11.5 Å². The largest absolute Gasteiger partial charge is 0.504 e. The molecule has 0 amide bonds. The topological polar surface area (TPSA) is 191 Å². The van der Waals surface area contributed by atoms with Crippen LogP contribution in [0.1, 0.15) is 17.5 Å². The predicted octanol–water partition coefficient (Wildman–Crippen LogP) is -2.29. The van der Waals surface area contributed by atoms with Gasteiger partial charge >= 0.3 is 5.97 Å². The van der Waals surface area contributed by atoms with Crippen molar-refractivity contribution < 1.29 is 50.4 Å². The number of aliphatic carboxylic acids is 1. The highest BCUT2D eigenvalue weighted by atomic mass is 16.5. The van der Waals surface area contributed by atoms with Crippen LogP contribution < -0.4 is 4.74 Å². The lowest BCUT2D eigenvalue weighted by Gasteiger charge is -2.56. The van der Waals surface area contributed by atoms with Crippen LogP contribution in [0.15, 0.2) is 24.3 Å². The van der Waals surface area contributed by atoms with E-state index in [2.05, 4.69) is 18.0 Å². The van der Waals surface area contributed by atoms with E-state index in [0.29, 0.717) is 17.7 Å². The molecule has 1 aromatic carbocycles. The molecule has 188 valence electrons. The minimum absolute atomic E-state index is 0.160. The third-order valence-corrected chi connectivity index (χ3v) is 7.66. The van der Waals surface area contributed by atoms with Crippen LogP contribution in [-0.2, 0) is 16.6 Å². The van der Waals surface area contributed by atoms with Crippen LogP contribution in [0, 0.1) is 5.92 Å². The molecule has 2 bridgehead atoms. The summed E-state index contributed by atoms with van der Waals surface area (Å²) in [6, 6.07) is 4.23. The molecule has 0 saturated carbocycles. The summed E-state index contributed by atoms with van der Waals surface area (Å²) in [7, 11) is 2.19. The molecule has 0 radical (unpaired) electrons. The lowest BCUT2D eigenvalue weighted by atomic mass is 9.53. The number of hydrogen-bond donors (Lipinski definition) is 8. The number of likely N-dealkylation sites (tertiary alicyclic amines) is 1. The molecule has 2 aliphatic carbocycles. The van der Waals surface area contributed by atoms with E-state index in [1.807, 2.05) is 12.1 Å². The third kappa shape index (κ3) is 3.68. The van der Waals surface area contributed by atoms with Crippen LogP contribution in [0.25, 0.3) is 0 Å². The molecule has 4 aliphatic rings. The first-order valence-corrected chi connectivity index (χ1v) is 11.2. The lowest BCUT2D eigenvalue weighted by Crippen LogP contribution is -2.64. The first kappa shape index (κ1) is 24.9. The first-order valence-electron chi connectivity index (χ1n) is 11.2. The van der Waals surface area contributed by atoms with Crippen LogP contribution in [0.3, 0.4) is 0 Å². The van der Waals surface area contributed by atoms with Gasteiger partial charge in [0.05, 0.1) is 6.61 Å². The molecule has 1 fully saturated rings.